The molecule has 0 atom stereocenters. The van der Waals surface area contributed by atoms with E-state index in [1.807, 2.05) is 12.2 Å². The standard InChI is InChI=1S/C19H20N2/c1-3-11-19(12-4-2)14-20-21(15-19)18-10-9-16-7-5-6-8-17(16)13-18/h3-10,13-14H,1-2,11-12,15H2. The molecule has 2 aromatic rings. The normalized spacial score (nSPS) is 16.3. The Balaban J connectivity index is 1.89. The van der Waals surface area contributed by atoms with Crippen LogP contribution >= 0.6 is 0 Å². The second kappa shape index (κ2) is 5.57. The van der Waals surface area contributed by atoms with E-state index in [-0.39, 0.29) is 5.41 Å². The molecule has 0 fully saturated rings. The molecule has 0 radical (unpaired) electrons. The minimum atomic E-state index is 0.0369. The largest absolute Gasteiger partial charge is 0.265 e. The van der Waals surface area contributed by atoms with Crippen molar-refractivity contribution in [2.75, 3.05) is 11.6 Å². The van der Waals surface area contributed by atoms with Gasteiger partial charge in [0.15, 0.2) is 0 Å². The molecular formula is C19H20N2. The second-order valence-electron chi connectivity index (χ2n) is 5.68. The van der Waals surface area contributed by atoms with Crippen LogP contribution in [0.4, 0.5) is 5.69 Å². The summed E-state index contributed by atoms with van der Waals surface area (Å²) in [6, 6.07) is 14.9. The molecule has 0 aliphatic carbocycles. The third kappa shape index (κ3) is 2.62. The summed E-state index contributed by atoms with van der Waals surface area (Å²) in [6.07, 6.45) is 7.85. The fourth-order valence-electron chi connectivity index (χ4n) is 2.96. The monoisotopic (exact) mass is 276 g/mol. The summed E-state index contributed by atoms with van der Waals surface area (Å²) in [5.41, 5.74) is 1.18. The molecule has 21 heavy (non-hydrogen) atoms. The zero-order valence-electron chi connectivity index (χ0n) is 12.2. The van der Waals surface area contributed by atoms with E-state index in [0.29, 0.717) is 0 Å². The van der Waals surface area contributed by atoms with E-state index in [4.69, 9.17) is 0 Å². The highest BCUT2D eigenvalue weighted by atomic mass is 15.5. The first kappa shape index (κ1) is 13.6. The minimum absolute atomic E-state index is 0.0369. The number of benzene rings is 2. The quantitative estimate of drug-likeness (QED) is 0.717. The summed E-state index contributed by atoms with van der Waals surface area (Å²) < 4.78 is 0. The SMILES string of the molecule is C=CCC1(CC=C)C=NN(c2ccc3ccccc3c2)C1. The van der Waals surface area contributed by atoms with Crippen LogP contribution in [0.1, 0.15) is 12.8 Å². The molecule has 1 aliphatic heterocycles. The molecule has 0 saturated heterocycles. The average Bonchev–Trinajstić information content (AvgIpc) is 2.92. The molecule has 1 aliphatic rings. The summed E-state index contributed by atoms with van der Waals surface area (Å²) >= 11 is 0. The summed E-state index contributed by atoms with van der Waals surface area (Å²) in [7, 11) is 0. The van der Waals surface area contributed by atoms with Gasteiger partial charge >= 0.3 is 0 Å². The Labute approximate surface area is 126 Å². The lowest BCUT2D eigenvalue weighted by Gasteiger charge is -2.25. The number of hydrogen-bond acceptors (Lipinski definition) is 2. The van der Waals surface area contributed by atoms with Gasteiger partial charge in [-0.25, -0.2) is 0 Å². The fraction of sp³-hybridized carbons (Fsp3) is 0.211. The smallest absolute Gasteiger partial charge is 0.0600 e. The number of anilines is 1. The van der Waals surface area contributed by atoms with Crippen LogP contribution in [0.5, 0.6) is 0 Å². The number of hydrogen-bond donors (Lipinski definition) is 0. The minimum Gasteiger partial charge on any atom is -0.265 e. The van der Waals surface area contributed by atoms with Crippen LogP contribution in [0.3, 0.4) is 0 Å². The molecule has 2 nitrogen and oxygen atoms in total. The molecule has 0 unspecified atom stereocenters. The van der Waals surface area contributed by atoms with E-state index in [1.165, 1.54) is 10.8 Å². The molecule has 0 bridgehead atoms. The highest BCUT2D eigenvalue weighted by molar-refractivity contribution is 5.86. The van der Waals surface area contributed by atoms with Gasteiger partial charge in [-0.1, -0.05) is 42.5 Å². The molecule has 0 N–H and O–H groups in total. The van der Waals surface area contributed by atoms with Crippen molar-refractivity contribution in [2.45, 2.75) is 12.8 Å². The fourth-order valence-corrected chi connectivity index (χ4v) is 2.96. The van der Waals surface area contributed by atoms with E-state index >= 15 is 0 Å². The van der Waals surface area contributed by atoms with Crippen LogP contribution in [0, 0.1) is 5.41 Å². The summed E-state index contributed by atoms with van der Waals surface area (Å²) in [4.78, 5) is 0. The van der Waals surface area contributed by atoms with Crippen molar-refractivity contribution >= 4 is 22.7 Å². The lowest BCUT2D eigenvalue weighted by molar-refractivity contribution is 0.465. The number of fused-ring (bicyclic) bond motifs is 1. The van der Waals surface area contributed by atoms with Crippen molar-refractivity contribution in [1.82, 2.24) is 0 Å². The van der Waals surface area contributed by atoms with Crippen LogP contribution in [-0.4, -0.2) is 12.8 Å². The third-order valence-electron chi connectivity index (χ3n) is 4.07. The maximum Gasteiger partial charge on any atom is 0.0600 e. The van der Waals surface area contributed by atoms with Gasteiger partial charge in [-0.05, 0) is 35.7 Å². The summed E-state index contributed by atoms with van der Waals surface area (Å²) in [5, 5.41) is 9.20. The highest BCUT2D eigenvalue weighted by Crippen LogP contribution is 2.34. The zero-order chi connectivity index (χ0) is 14.7. The first-order valence-electron chi connectivity index (χ1n) is 7.30. The molecule has 0 saturated carbocycles. The van der Waals surface area contributed by atoms with E-state index in [2.05, 4.69) is 71.9 Å². The van der Waals surface area contributed by atoms with Crippen LogP contribution in [0.2, 0.25) is 0 Å². The number of rotatable bonds is 5. The maximum absolute atomic E-state index is 4.62. The van der Waals surface area contributed by atoms with Crippen molar-refractivity contribution in [3.8, 4) is 0 Å². The Bertz CT molecular complexity index is 690. The number of allylic oxidation sites excluding steroid dienone is 2. The van der Waals surface area contributed by atoms with E-state index in [0.717, 1.165) is 25.1 Å². The molecule has 0 aromatic heterocycles. The number of nitrogens with zero attached hydrogens (tertiary/aromatic N) is 2. The van der Waals surface area contributed by atoms with Gasteiger partial charge in [0.1, 0.15) is 0 Å². The summed E-state index contributed by atoms with van der Waals surface area (Å²) in [6.45, 7) is 8.63. The Morgan fingerprint density at radius 2 is 1.76 bits per heavy atom. The second-order valence-corrected chi connectivity index (χ2v) is 5.68. The molecule has 3 rings (SSSR count). The Hall–Kier alpha value is -2.35. The van der Waals surface area contributed by atoms with Gasteiger partial charge in [0.25, 0.3) is 0 Å². The predicted octanol–water partition coefficient (Wildman–Crippen LogP) is 4.78. The molecule has 106 valence electrons. The van der Waals surface area contributed by atoms with Crippen molar-refractivity contribution in [2.24, 2.45) is 10.5 Å². The van der Waals surface area contributed by atoms with E-state index < -0.39 is 0 Å². The van der Waals surface area contributed by atoms with Gasteiger partial charge in [-0.2, -0.15) is 5.10 Å². The Morgan fingerprint density at radius 3 is 2.48 bits per heavy atom. The van der Waals surface area contributed by atoms with Gasteiger partial charge in [-0.15, -0.1) is 13.2 Å². The van der Waals surface area contributed by atoms with Crippen LogP contribution in [-0.2, 0) is 0 Å². The predicted molar refractivity (Wildman–Crippen MR) is 91.8 cm³/mol. The van der Waals surface area contributed by atoms with Crippen LogP contribution < -0.4 is 5.01 Å². The molecule has 2 heteroatoms. The summed E-state index contributed by atoms with van der Waals surface area (Å²) in [5.74, 6) is 0. The third-order valence-corrected chi connectivity index (χ3v) is 4.07. The van der Waals surface area contributed by atoms with Crippen molar-refractivity contribution < 1.29 is 0 Å². The van der Waals surface area contributed by atoms with Crippen LogP contribution in [0.25, 0.3) is 10.8 Å². The zero-order valence-corrected chi connectivity index (χ0v) is 12.2. The lowest BCUT2D eigenvalue weighted by Crippen LogP contribution is -2.28. The first-order valence-corrected chi connectivity index (χ1v) is 7.30. The van der Waals surface area contributed by atoms with Crippen molar-refractivity contribution in [3.63, 3.8) is 0 Å². The van der Waals surface area contributed by atoms with Gasteiger partial charge in [-0.3, -0.25) is 5.01 Å². The topological polar surface area (TPSA) is 15.6 Å². The molecule has 0 amide bonds. The molecule has 0 spiro atoms. The lowest BCUT2D eigenvalue weighted by atomic mass is 9.83. The molecular weight excluding hydrogens is 256 g/mol. The first-order chi connectivity index (χ1) is 10.3. The highest BCUT2D eigenvalue weighted by Gasteiger charge is 2.33. The van der Waals surface area contributed by atoms with Gasteiger partial charge < -0.3 is 0 Å². The van der Waals surface area contributed by atoms with Crippen LogP contribution in [0.15, 0.2) is 72.9 Å². The average molecular weight is 276 g/mol. The molecule has 2 aromatic carbocycles. The number of hydrazone groups is 1. The Morgan fingerprint density at radius 1 is 1.05 bits per heavy atom. The van der Waals surface area contributed by atoms with Gasteiger partial charge in [0.2, 0.25) is 0 Å². The van der Waals surface area contributed by atoms with Crippen molar-refractivity contribution in [3.05, 3.63) is 67.8 Å². The maximum atomic E-state index is 4.62. The van der Waals surface area contributed by atoms with Crippen molar-refractivity contribution in [1.29, 1.82) is 0 Å². The Kier molecular flexibility index (Phi) is 3.61. The van der Waals surface area contributed by atoms with Gasteiger partial charge in [0.05, 0.1) is 12.2 Å². The molecule has 1 heterocycles. The van der Waals surface area contributed by atoms with E-state index in [1.54, 1.807) is 0 Å². The van der Waals surface area contributed by atoms with Gasteiger partial charge in [0, 0.05) is 11.6 Å². The van der Waals surface area contributed by atoms with E-state index in [9.17, 15) is 0 Å².